The Morgan fingerprint density at radius 1 is 1.10 bits per heavy atom. The summed E-state index contributed by atoms with van der Waals surface area (Å²) in [5.74, 6) is 1.68. The van der Waals surface area contributed by atoms with E-state index in [0.29, 0.717) is 23.5 Å². The number of piperidine rings is 1. The van der Waals surface area contributed by atoms with Gasteiger partial charge in [-0.3, -0.25) is 14.5 Å². The number of carbonyl (C=O) groups is 2. The number of anilines is 1. The highest BCUT2D eigenvalue weighted by Crippen LogP contribution is 2.28. The van der Waals surface area contributed by atoms with E-state index in [2.05, 4.69) is 53.6 Å². The molecule has 158 valence electrons. The maximum absolute atomic E-state index is 12.5. The zero-order valence-corrected chi connectivity index (χ0v) is 17.6. The summed E-state index contributed by atoms with van der Waals surface area (Å²) >= 11 is 0. The van der Waals surface area contributed by atoms with Crippen LogP contribution in [0.1, 0.15) is 41.8 Å². The van der Waals surface area contributed by atoms with Crippen LogP contribution in [-0.4, -0.2) is 36.4 Å². The monoisotopic (exact) mass is 407 g/mol. The van der Waals surface area contributed by atoms with Gasteiger partial charge in [-0.05, 0) is 47.6 Å². The molecule has 1 saturated heterocycles. The van der Waals surface area contributed by atoms with Crippen molar-refractivity contribution in [3.05, 3.63) is 59.2 Å². The summed E-state index contributed by atoms with van der Waals surface area (Å²) < 4.78 is 5.38. The van der Waals surface area contributed by atoms with Crippen LogP contribution in [-0.2, 0) is 17.9 Å². The van der Waals surface area contributed by atoms with Crippen LogP contribution in [0.2, 0.25) is 0 Å². The Morgan fingerprint density at radius 2 is 1.80 bits per heavy atom. The quantitative estimate of drug-likeness (QED) is 0.797. The molecule has 6 heteroatoms. The maximum atomic E-state index is 12.5. The van der Waals surface area contributed by atoms with Crippen LogP contribution in [0.15, 0.2) is 42.5 Å². The highest BCUT2D eigenvalue weighted by atomic mass is 16.5. The third-order valence-electron chi connectivity index (χ3n) is 5.70. The molecule has 0 saturated carbocycles. The zero-order chi connectivity index (χ0) is 21.1. The molecule has 2 aliphatic rings. The van der Waals surface area contributed by atoms with Crippen LogP contribution in [0.4, 0.5) is 5.69 Å². The van der Waals surface area contributed by atoms with Crippen LogP contribution in [0.25, 0.3) is 0 Å². The number of amides is 2. The number of rotatable bonds is 5. The van der Waals surface area contributed by atoms with Gasteiger partial charge in [0.2, 0.25) is 0 Å². The van der Waals surface area contributed by atoms with E-state index in [0.717, 1.165) is 37.0 Å². The molecule has 0 aromatic heterocycles. The van der Waals surface area contributed by atoms with E-state index < -0.39 is 0 Å². The average molecular weight is 408 g/mol. The first-order valence-corrected chi connectivity index (χ1v) is 10.6. The number of carbonyl (C=O) groups excluding carboxylic acids is 2. The van der Waals surface area contributed by atoms with E-state index in [1.807, 2.05) is 0 Å². The molecule has 2 aromatic carbocycles. The number of nitrogens with one attached hydrogen (secondary N) is 2. The lowest BCUT2D eigenvalue weighted by Gasteiger charge is -2.35. The van der Waals surface area contributed by atoms with Crippen LogP contribution in [0.5, 0.6) is 5.75 Å². The molecule has 0 radical (unpaired) electrons. The Labute approximate surface area is 177 Å². The van der Waals surface area contributed by atoms with Gasteiger partial charge in [0, 0.05) is 31.7 Å². The number of ether oxygens (including phenoxy) is 1. The highest BCUT2D eigenvalue weighted by molar-refractivity contribution is 5.98. The molecule has 4 rings (SSSR count). The minimum Gasteiger partial charge on any atom is -0.482 e. The predicted octanol–water partition coefficient (Wildman–Crippen LogP) is 3.43. The summed E-state index contributed by atoms with van der Waals surface area (Å²) in [5, 5.41) is 5.67. The largest absolute Gasteiger partial charge is 0.482 e. The molecule has 2 atom stereocenters. The number of hydrogen-bond donors (Lipinski definition) is 2. The molecule has 0 spiro atoms. The number of nitrogens with zero attached hydrogens (tertiary/aromatic N) is 1. The number of benzene rings is 2. The van der Waals surface area contributed by atoms with Crippen molar-refractivity contribution in [3.63, 3.8) is 0 Å². The van der Waals surface area contributed by atoms with Gasteiger partial charge in [0.1, 0.15) is 5.75 Å². The Hall–Kier alpha value is -2.86. The van der Waals surface area contributed by atoms with Crippen molar-refractivity contribution in [1.29, 1.82) is 0 Å². The van der Waals surface area contributed by atoms with Crippen molar-refractivity contribution in [2.75, 3.05) is 25.0 Å². The average Bonchev–Trinajstić information content (AvgIpc) is 2.72. The van der Waals surface area contributed by atoms with Crippen LogP contribution in [0.3, 0.4) is 0 Å². The van der Waals surface area contributed by atoms with Crippen LogP contribution >= 0.6 is 0 Å². The van der Waals surface area contributed by atoms with E-state index in [1.54, 1.807) is 18.2 Å². The summed E-state index contributed by atoms with van der Waals surface area (Å²) in [5.41, 5.74) is 3.47. The van der Waals surface area contributed by atoms with Crippen molar-refractivity contribution in [3.8, 4) is 5.75 Å². The fourth-order valence-corrected chi connectivity index (χ4v) is 4.44. The fourth-order valence-electron chi connectivity index (χ4n) is 4.44. The van der Waals surface area contributed by atoms with Gasteiger partial charge in [0.15, 0.2) is 6.61 Å². The first-order valence-electron chi connectivity index (χ1n) is 10.6. The summed E-state index contributed by atoms with van der Waals surface area (Å²) in [6.07, 6.45) is 1.32. The summed E-state index contributed by atoms with van der Waals surface area (Å²) in [7, 11) is 0. The molecule has 2 amide bonds. The Balaban J connectivity index is 1.31. The second-order valence-corrected chi connectivity index (χ2v) is 8.69. The molecule has 2 heterocycles. The first kappa shape index (κ1) is 20.4. The van der Waals surface area contributed by atoms with Crippen molar-refractivity contribution in [1.82, 2.24) is 10.2 Å². The summed E-state index contributed by atoms with van der Waals surface area (Å²) in [6.45, 7) is 8.41. The van der Waals surface area contributed by atoms with Crippen LogP contribution in [0, 0.1) is 11.8 Å². The number of hydrogen-bond acceptors (Lipinski definition) is 4. The van der Waals surface area contributed by atoms with Gasteiger partial charge in [-0.15, -0.1) is 0 Å². The second kappa shape index (κ2) is 8.88. The molecular formula is C24H29N3O3. The second-order valence-electron chi connectivity index (χ2n) is 8.69. The minimum absolute atomic E-state index is 0.0281. The Morgan fingerprint density at radius 3 is 2.53 bits per heavy atom. The number of likely N-dealkylation sites (tertiary alicyclic amines) is 1. The lowest BCUT2D eigenvalue weighted by atomic mass is 9.91. The molecule has 2 aromatic rings. The topological polar surface area (TPSA) is 70.7 Å². The minimum atomic E-state index is -0.188. The third-order valence-corrected chi connectivity index (χ3v) is 5.70. The van der Waals surface area contributed by atoms with Gasteiger partial charge in [-0.2, -0.15) is 0 Å². The summed E-state index contributed by atoms with van der Waals surface area (Å²) in [6, 6.07) is 13.5. The molecule has 6 nitrogen and oxygen atoms in total. The van der Waals surface area contributed by atoms with Gasteiger partial charge in [-0.1, -0.05) is 38.1 Å². The molecular weight excluding hydrogens is 378 g/mol. The van der Waals surface area contributed by atoms with Gasteiger partial charge in [-0.25, -0.2) is 0 Å². The van der Waals surface area contributed by atoms with E-state index in [9.17, 15) is 9.59 Å². The smallest absolute Gasteiger partial charge is 0.262 e. The zero-order valence-electron chi connectivity index (χ0n) is 17.6. The molecule has 0 aliphatic carbocycles. The predicted molar refractivity (Wildman–Crippen MR) is 116 cm³/mol. The van der Waals surface area contributed by atoms with Crippen molar-refractivity contribution in [2.24, 2.45) is 11.8 Å². The Bertz CT molecular complexity index is 916. The fraction of sp³-hybridized carbons (Fsp3) is 0.417. The van der Waals surface area contributed by atoms with E-state index in [4.69, 9.17) is 4.74 Å². The molecule has 0 bridgehead atoms. The van der Waals surface area contributed by atoms with Crippen LogP contribution < -0.4 is 15.4 Å². The lowest BCUT2D eigenvalue weighted by molar-refractivity contribution is -0.118. The first-order chi connectivity index (χ1) is 14.5. The Kier molecular flexibility index (Phi) is 6.04. The lowest BCUT2D eigenvalue weighted by Crippen LogP contribution is -2.38. The van der Waals surface area contributed by atoms with Gasteiger partial charge >= 0.3 is 0 Å². The number of fused-ring (bicyclic) bond motifs is 1. The maximum Gasteiger partial charge on any atom is 0.262 e. The van der Waals surface area contributed by atoms with Gasteiger partial charge in [0.05, 0.1) is 5.69 Å². The standard InChI is InChI=1S/C24H29N3O3/c1-16-9-17(2)13-27(12-16)14-19-5-3-18(4-6-19)11-25-24(29)20-7-8-21-22(10-20)30-15-23(28)26-21/h3-8,10,16-17H,9,11-15H2,1-2H3,(H,25,29)(H,26,28)/t16-,17-/m0/s1. The van der Waals surface area contributed by atoms with Gasteiger partial charge in [0.25, 0.3) is 11.8 Å². The van der Waals surface area contributed by atoms with E-state index >= 15 is 0 Å². The van der Waals surface area contributed by atoms with E-state index in [1.165, 1.54) is 12.0 Å². The molecule has 0 unspecified atom stereocenters. The van der Waals surface area contributed by atoms with E-state index in [-0.39, 0.29) is 18.4 Å². The van der Waals surface area contributed by atoms with Crippen molar-refractivity contribution >= 4 is 17.5 Å². The third kappa shape index (κ3) is 5.00. The molecule has 2 N–H and O–H groups in total. The van der Waals surface area contributed by atoms with Gasteiger partial charge < -0.3 is 15.4 Å². The molecule has 2 aliphatic heterocycles. The SMILES string of the molecule is C[C@H]1C[C@H](C)CN(Cc2ccc(CNC(=O)c3ccc4c(c3)OCC(=O)N4)cc2)C1. The van der Waals surface area contributed by atoms with Crippen molar-refractivity contribution < 1.29 is 14.3 Å². The van der Waals surface area contributed by atoms with Crippen molar-refractivity contribution in [2.45, 2.75) is 33.4 Å². The molecule has 30 heavy (non-hydrogen) atoms. The summed E-state index contributed by atoms with van der Waals surface area (Å²) in [4.78, 5) is 26.4. The molecule has 1 fully saturated rings. The normalized spacial score (nSPS) is 21.3. The highest BCUT2D eigenvalue weighted by Gasteiger charge is 2.21.